The Balaban J connectivity index is 2.08. The Bertz CT molecular complexity index is 559. The second-order valence-electron chi connectivity index (χ2n) is 6.44. The topological polar surface area (TPSA) is 59.1 Å². The van der Waals surface area contributed by atoms with E-state index in [0.29, 0.717) is 23.5 Å². The van der Waals surface area contributed by atoms with Gasteiger partial charge >= 0.3 is 0 Å². The van der Waals surface area contributed by atoms with Gasteiger partial charge in [0.25, 0.3) is 0 Å². The molecule has 0 bridgehead atoms. The maximum absolute atomic E-state index is 11.8. The molecule has 4 nitrogen and oxygen atoms in total. The lowest BCUT2D eigenvalue weighted by molar-refractivity contribution is 0.333. The van der Waals surface area contributed by atoms with Crippen LogP contribution in [-0.2, 0) is 16.3 Å². The van der Waals surface area contributed by atoms with E-state index in [1.54, 1.807) is 11.3 Å². The van der Waals surface area contributed by atoms with Gasteiger partial charge in [0.1, 0.15) is 0 Å². The van der Waals surface area contributed by atoms with Gasteiger partial charge in [0.15, 0.2) is 9.84 Å². The molecule has 1 aliphatic heterocycles. The van der Waals surface area contributed by atoms with Crippen molar-refractivity contribution in [3.63, 3.8) is 0 Å². The molecule has 0 aliphatic carbocycles. The van der Waals surface area contributed by atoms with Crippen molar-refractivity contribution in [3.8, 4) is 0 Å². The van der Waals surface area contributed by atoms with Crippen molar-refractivity contribution >= 4 is 21.2 Å². The van der Waals surface area contributed by atoms with Crippen molar-refractivity contribution in [2.45, 2.75) is 46.6 Å². The highest BCUT2D eigenvalue weighted by Gasteiger charge is 2.34. The molecule has 2 heterocycles. The van der Waals surface area contributed by atoms with E-state index < -0.39 is 9.84 Å². The monoisotopic (exact) mass is 330 g/mol. The zero-order valence-electron chi connectivity index (χ0n) is 13.3. The van der Waals surface area contributed by atoms with E-state index >= 15 is 0 Å². The number of nitrogens with zero attached hydrogens (tertiary/aromatic N) is 1. The summed E-state index contributed by atoms with van der Waals surface area (Å²) in [4.78, 5) is 5.89. The van der Waals surface area contributed by atoms with Crippen molar-refractivity contribution < 1.29 is 8.42 Å². The van der Waals surface area contributed by atoms with Crippen molar-refractivity contribution in [3.05, 3.63) is 15.6 Å². The zero-order valence-corrected chi connectivity index (χ0v) is 15.0. The minimum Gasteiger partial charge on any atom is -0.314 e. The van der Waals surface area contributed by atoms with Crippen molar-refractivity contribution in [2.24, 2.45) is 11.8 Å². The van der Waals surface area contributed by atoms with Crippen molar-refractivity contribution in [1.29, 1.82) is 0 Å². The van der Waals surface area contributed by atoms with E-state index in [4.69, 9.17) is 0 Å². The third kappa shape index (κ3) is 4.76. The fraction of sp³-hybridized carbons (Fsp3) is 0.800. The Hall–Kier alpha value is -0.460. The molecule has 1 N–H and O–H groups in total. The third-order valence-corrected chi connectivity index (χ3v) is 7.12. The van der Waals surface area contributed by atoms with Crippen LogP contribution in [0.4, 0.5) is 0 Å². The Morgan fingerprint density at radius 1 is 1.38 bits per heavy atom. The van der Waals surface area contributed by atoms with Crippen molar-refractivity contribution in [1.82, 2.24) is 10.3 Å². The molecule has 2 atom stereocenters. The number of hydrogen-bond donors (Lipinski definition) is 1. The molecule has 6 heteroatoms. The van der Waals surface area contributed by atoms with Gasteiger partial charge in [-0.15, -0.1) is 11.3 Å². The summed E-state index contributed by atoms with van der Waals surface area (Å²) in [5.74, 6) is 1.33. The Kier molecular flexibility index (Phi) is 5.43. The molecule has 0 aromatic carbocycles. The van der Waals surface area contributed by atoms with Gasteiger partial charge in [-0.25, -0.2) is 13.4 Å². The summed E-state index contributed by atoms with van der Waals surface area (Å²) in [6.07, 6.45) is 1.69. The highest BCUT2D eigenvalue weighted by Crippen LogP contribution is 2.30. The van der Waals surface area contributed by atoms with E-state index in [0.717, 1.165) is 30.1 Å². The zero-order chi connectivity index (χ0) is 15.6. The average molecular weight is 331 g/mol. The van der Waals surface area contributed by atoms with Crippen LogP contribution in [0.5, 0.6) is 0 Å². The first kappa shape index (κ1) is 16.9. The lowest BCUT2D eigenvalue weighted by Crippen LogP contribution is -2.34. The molecule has 1 aromatic heterocycles. The summed E-state index contributed by atoms with van der Waals surface area (Å²) in [7, 11) is -2.82. The van der Waals surface area contributed by atoms with Gasteiger partial charge in [-0.3, -0.25) is 0 Å². The molecule has 21 heavy (non-hydrogen) atoms. The Morgan fingerprint density at radius 2 is 2.10 bits per heavy atom. The van der Waals surface area contributed by atoms with Gasteiger partial charge in [-0.05, 0) is 38.6 Å². The van der Waals surface area contributed by atoms with Gasteiger partial charge in [0, 0.05) is 17.3 Å². The predicted molar refractivity (Wildman–Crippen MR) is 88.7 cm³/mol. The molecule has 0 spiro atoms. The minimum absolute atomic E-state index is 0.269. The molecule has 1 saturated heterocycles. The molecule has 2 unspecified atom stereocenters. The third-order valence-electron chi connectivity index (χ3n) is 4.23. The van der Waals surface area contributed by atoms with Crippen LogP contribution in [0.1, 0.15) is 35.8 Å². The van der Waals surface area contributed by atoms with Crippen LogP contribution in [0.15, 0.2) is 0 Å². The van der Waals surface area contributed by atoms with Crippen LogP contribution < -0.4 is 5.32 Å². The SMILES string of the molecule is Cc1nc(CC(CNC(C)C)C2CCS(=O)(=O)C2)sc1C. The second-order valence-corrected chi connectivity index (χ2v) is 9.96. The summed E-state index contributed by atoms with van der Waals surface area (Å²) in [6, 6.07) is 0.422. The molecule has 2 rings (SSSR count). The first-order valence-corrected chi connectivity index (χ1v) is 10.3. The van der Waals surface area contributed by atoms with E-state index in [1.807, 2.05) is 6.92 Å². The maximum Gasteiger partial charge on any atom is 0.150 e. The highest BCUT2D eigenvalue weighted by atomic mass is 32.2. The second kappa shape index (κ2) is 6.75. The van der Waals surface area contributed by atoms with Gasteiger partial charge in [-0.1, -0.05) is 13.8 Å². The van der Waals surface area contributed by atoms with E-state index in [9.17, 15) is 8.42 Å². The Labute approximate surface area is 132 Å². The molecule has 0 amide bonds. The number of aryl methyl sites for hydroxylation is 2. The summed E-state index contributed by atoms with van der Waals surface area (Å²) in [6.45, 7) is 9.25. The Morgan fingerprint density at radius 3 is 2.57 bits per heavy atom. The maximum atomic E-state index is 11.8. The number of sulfone groups is 1. The highest BCUT2D eigenvalue weighted by molar-refractivity contribution is 7.91. The van der Waals surface area contributed by atoms with Gasteiger partial charge in [-0.2, -0.15) is 0 Å². The lowest BCUT2D eigenvalue weighted by Gasteiger charge is -2.23. The van der Waals surface area contributed by atoms with Gasteiger partial charge < -0.3 is 5.32 Å². The van der Waals surface area contributed by atoms with Crippen LogP contribution >= 0.6 is 11.3 Å². The molecule has 1 fully saturated rings. The first-order valence-electron chi connectivity index (χ1n) is 7.63. The summed E-state index contributed by atoms with van der Waals surface area (Å²) >= 11 is 1.75. The number of nitrogens with one attached hydrogen (secondary N) is 1. The van der Waals surface area contributed by atoms with Gasteiger partial charge in [0.2, 0.25) is 0 Å². The lowest BCUT2D eigenvalue weighted by atomic mass is 9.89. The number of rotatable bonds is 6. The minimum atomic E-state index is -2.82. The van der Waals surface area contributed by atoms with Crippen LogP contribution in [-0.4, -0.2) is 37.5 Å². The summed E-state index contributed by atoms with van der Waals surface area (Å²) in [5, 5.41) is 4.62. The van der Waals surface area contributed by atoms with Crippen LogP contribution in [0.3, 0.4) is 0 Å². The van der Waals surface area contributed by atoms with E-state index in [1.165, 1.54) is 4.88 Å². The quantitative estimate of drug-likeness (QED) is 0.870. The number of hydrogen-bond acceptors (Lipinski definition) is 5. The molecular formula is C15H26N2O2S2. The van der Waals surface area contributed by atoms with Crippen LogP contribution in [0.2, 0.25) is 0 Å². The van der Waals surface area contributed by atoms with Gasteiger partial charge in [0.05, 0.1) is 22.2 Å². The summed E-state index contributed by atoms with van der Waals surface area (Å²) in [5.41, 5.74) is 1.10. The largest absolute Gasteiger partial charge is 0.314 e. The molecule has 1 aliphatic rings. The van der Waals surface area contributed by atoms with E-state index in [-0.39, 0.29) is 5.92 Å². The normalized spacial score (nSPS) is 22.8. The number of thiazole rings is 1. The smallest absolute Gasteiger partial charge is 0.150 e. The fourth-order valence-corrected chi connectivity index (χ4v) is 5.79. The molecule has 0 radical (unpaired) electrons. The van der Waals surface area contributed by atoms with Crippen molar-refractivity contribution in [2.75, 3.05) is 18.1 Å². The standard InChI is InChI=1S/C15H26N2O2S2/c1-10(2)16-8-14(13-5-6-21(18,19)9-13)7-15-17-11(3)12(4)20-15/h10,13-14,16H,5-9H2,1-4H3. The molecule has 120 valence electrons. The number of aromatic nitrogens is 1. The van der Waals surface area contributed by atoms with E-state index in [2.05, 4.69) is 31.1 Å². The summed E-state index contributed by atoms with van der Waals surface area (Å²) < 4.78 is 23.5. The predicted octanol–water partition coefficient (Wildman–Crippen LogP) is 2.35. The molecule has 1 aromatic rings. The van der Waals surface area contributed by atoms with Crippen LogP contribution in [0, 0.1) is 25.7 Å². The first-order chi connectivity index (χ1) is 9.77. The van der Waals surface area contributed by atoms with Crippen LogP contribution in [0.25, 0.3) is 0 Å². The average Bonchev–Trinajstić information content (AvgIpc) is 2.88. The molecular weight excluding hydrogens is 304 g/mol. The fourth-order valence-electron chi connectivity index (χ4n) is 2.84. The molecule has 0 saturated carbocycles.